The molecular formula is C7H6F6N2O. The van der Waals surface area contributed by atoms with Crippen LogP contribution >= 0.6 is 0 Å². The summed E-state index contributed by atoms with van der Waals surface area (Å²) in [5.41, 5.74) is -3.16. The average Bonchev–Trinajstić information content (AvgIpc) is 2.46. The number of alkyl halides is 6. The van der Waals surface area contributed by atoms with Crippen molar-refractivity contribution in [3.8, 4) is 0 Å². The van der Waals surface area contributed by atoms with Crippen LogP contribution in [0.25, 0.3) is 0 Å². The van der Waals surface area contributed by atoms with Crippen molar-refractivity contribution in [1.82, 2.24) is 9.78 Å². The molecule has 1 aromatic heterocycles. The minimum atomic E-state index is -4.94. The molecule has 0 saturated heterocycles. The standard InChI is InChI=1S/C7H6F6N2O/c8-6(9,10)4-3-5(7(11,12)13)15(14-4)1-2-16/h3,16H,1-2H2. The average molecular weight is 248 g/mol. The highest BCUT2D eigenvalue weighted by atomic mass is 19.4. The van der Waals surface area contributed by atoms with Crippen molar-refractivity contribution in [3.05, 3.63) is 17.5 Å². The van der Waals surface area contributed by atoms with Gasteiger partial charge in [-0.15, -0.1) is 0 Å². The lowest BCUT2D eigenvalue weighted by Gasteiger charge is -2.08. The van der Waals surface area contributed by atoms with E-state index in [-0.39, 0.29) is 10.7 Å². The SMILES string of the molecule is OCCn1nc(C(F)(F)F)cc1C(F)(F)F. The third kappa shape index (κ3) is 2.65. The zero-order valence-electron chi connectivity index (χ0n) is 7.60. The van der Waals surface area contributed by atoms with Gasteiger partial charge < -0.3 is 5.11 Å². The largest absolute Gasteiger partial charge is 0.435 e. The second-order valence-electron chi connectivity index (χ2n) is 2.86. The topological polar surface area (TPSA) is 38.0 Å². The minimum absolute atomic E-state index is 0.0861. The summed E-state index contributed by atoms with van der Waals surface area (Å²) in [5.74, 6) is 0. The van der Waals surface area contributed by atoms with Crippen molar-refractivity contribution in [2.45, 2.75) is 18.9 Å². The first-order valence-corrected chi connectivity index (χ1v) is 3.99. The Labute approximate surface area is 85.3 Å². The van der Waals surface area contributed by atoms with Crippen LogP contribution in [0.3, 0.4) is 0 Å². The smallest absolute Gasteiger partial charge is 0.394 e. The number of hydrogen-bond donors (Lipinski definition) is 1. The Morgan fingerprint density at radius 2 is 1.69 bits per heavy atom. The van der Waals surface area contributed by atoms with Gasteiger partial charge in [0, 0.05) is 6.07 Å². The Balaban J connectivity index is 3.21. The maximum absolute atomic E-state index is 12.3. The van der Waals surface area contributed by atoms with E-state index in [9.17, 15) is 26.3 Å². The molecule has 0 aliphatic heterocycles. The molecule has 0 radical (unpaired) electrons. The molecule has 3 nitrogen and oxygen atoms in total. The Morgan fingerprint density at radius 1 is 1.12 bits per heavy atom. The van der Waals surface area contributed by atoms with Gasteiger partial charge >= 0.3 is 12.4 Å². The molecule has 1 aromatic rings. The highest BCUT2D eigenvalue weighted by molar-refractivity contribution is 5.16. The molecule has 1 N–H and O–H groups in total. The molecule has 0 amide bonds. The predicted molar refractivity (Wildman–Crippen MR) is 39.3 cm³/mol. The number of hydrogen-bond acceptors (Lipinski definition) is 2. The number of aliphatic hydroxyl groups is 1. The van der Waals surface area contributed by atoms with E-state index < -0.39 is 36.9 Å². The molecule has 0 bridgehead atoms. The van der Waals surface area contributed by atoms with E-state index in [0.29, 0.717) is 0 Å². The lowest BCUT2D eigenvalue weighted by molar-refractivity contribution is -0.144. The van der Waals surface area contributed by atoms with Crippen molar-refractivity contribution in [1.29, 1.82) is 0 Å². The highest BCUT2D eigenvalue weighted by Gasteiger charge is 2.41. The summed E-state index contributed by atoms with van der Waals surface area (Å²) in [4.78, 5) is 0. The highest BCUT2D eigenvalue weighted by Crippen LogP contribution is 2.34. The Morgan fingerprint density at radius 3 is 2.06 bits per heavy atom. The first-order valence-electron chi connectivity index (χ1n) is 3.99. The molecule has 0 spiro atoms. The van der Waals surface area contributed by atoms with Crippen LogP contribution in [0.4, 0.5) is 26.3 Å². The summed E-state index contributed by atoms with van der Waals surface area (Å²) < 4.78 is 73.2. The summed E-state index contributed by atoms with van der Waals surface area (Å²) in [6, 6.07) is -0.0876. The van der Waals surface area contributed by atoms with Gasteiger partial charge in [0.15, 0.2) is 5.69 Å². The van der Waals surface area contributed by atoms with Crippen molar-refractivity contribution >= 4 is 0 Å². The maximum Gasteiger partial charge on any atom is 0.435 e. The van der Waals surface area contributed by atoms with Gasteiger partial charge in [-0.25, -0.2) is 0 Å². The molecular weight excluding hydrogens is 242 g/mol. The molecule has 0 fully saturated rings. The summed E-state index contributed by atoms with van der Waals surface area (Å²) in [6.45, 7) is -1.38. The van der Waals surface area contributed by atoms with Crippen LogP contribution in [-0.4, -0.2) is 21.5 Å². The zero-order chi connectivity index (χ0) is 12.6. The molecule has 0 aliphatic rings. The van der Waals surface area contributed by atoms with Crippen molar-refractivity contribution in [3.63, 3.8) is 0 Å². The molecule has 1 heterocycles. The third-order valence-corrected chi connectivity index (χ3v) is 1.67. The van der Waals surface area contributed by atoms with Crippen molar-refractivity contribution < 1.29 is 31.4 Å². The molecule has 0 atom stereocenters. The van der Waals surface area contributed by atoms with Gasteiger partial charge in [0.1, 0.15) is 5.69 Å². The fourth-order valence-corrected chi connectivity index (χ4v) is 1.05. The van der Waals surface area contributed by atoms with Gasteiger partial charge in [-0.05, 0) is 0 Å². The van der Waals surface area contributed by atoms with Gasteiger partial charge in [-0.2, -0.15) is 31.4 Å². The number of nitrogens with zero attached hydrogens (tertiary/aromatic N) is 2. The summed E-state index contributed by atoms with van der Waals surface area (Å²) in [5, 5.41) is 11.2. The van der Waals surface area contributed by atoms with Gasteiger partial charge in [-0.1, -0.05) is 0 Å². The van der Waals surface area contributed by atoms with Crippen LogP contribution in [0, 0.1) is 0 Å². The van der Waals surface area contributed by atoms with E-state index >= 15 is 0 Å². The normalized spacial score (nSPS) is 13.2. The monoisotopic (exact) mass is 248 g/mol. The first kappa shape index (κ1) is 12.8. The molecule has 0 saturated carbocycles. The summed E-state index contributed by atoms with van der Waals surface area (Å²) >= 11 is 0. The van der Waals surface area contributed by atoms with Crippen LogP contribution in [0.2, 0.25) is 0 Å². The molecule has 9 heteroatoms. The number of aromatic nitrogens is 2. The summed E-state index contributed by atoms with van der Waals surface area (Å²) in [7, 11) is 0. The fraction of sp³-hybridized carbons (Fsp3) is 0.571. The quantitative estimate of drug-likeness (QED) is 0.812. The van der Waals surface area contributed by atoms with Crippen LogP contribution < -0.4 is 0 Å². The molecule has 1 rings (SSSR count). The first-order chi connectivity index (χ1) is 7.16. The second kappa shape index (κ2) is 3.96. The molecule has 0 aromatic carbocycles. The van der Waals surface area contributed by atoms with Gasteiger partial charge in [0.05, 0.1) is 13.2 Å². The predicted octanol–water partition coefficient (Wildman–Crippen LogP) is 1.91. The van der Waals surface area contributed by atoms with Crippen LogP contribution in [0.1, 0.15) is 11.4 Å². The maximum atomic E-state index is 12.3. The lowest BCUT2D eigenvalue weighted by Crippen LogP contribution is -2.16. The Kier molecular flexibility index (Phi) is 3.17. The number of aliphatic hydroxyl groups excluding tert-OH is 1. The third-order valence-electron chi connectivity index (χ3n) is 1.67. The van der Waals surface area contributed by atoms with Crippen molar-refractivity contribution in [2.75, 3.05) is 6.61 Å². The molecule has 92 valence electrons. The Hall–Kier alpha value is -1.25. The van der Waals surface area contributed by atoms with E-state index in [1.54, 1.807) is 0 Å². The molecule has 16 heavy (non-hydrogen) atoms. The summed E-state index contributed by atoms with van der Waals surface area (Å²) in [6.07, 6.45) is -9.88. The second-order valence-corrected chi connectivity index (χ2v) is 2.86. The molecule has 0 aliphatic carbocycles. The van der Waals surface area contributed by atoms with E-state index in [2.05, 4.69) is 5.10 Å². The lowest BCUT2D eigenvalue weighted by atomic mass is 10.3. The van der Waals surface area contributed by atoms with E-state index in [4.69, 9.17) is 5.11 Å². The minimum Gasteiger partial charge on any atom is -0.394 e. The van der Waals surface area contributed by atoms with Crippen LogP contribution in [-0.2, 0) is 18.9 Å². The van der Waals surface area contributed by atoms with Gasteiger partial charge in [0.25, 0.3) is 0 Å². The zero-order valence-corrected chi connectivity index (χ0v) is 7.60. The van der Waals surface area contributed by atoms with E-state index in [1.807, 2.05) is 0 Å². The number of rotatable bonds is 2. The fourth-order valence-electron chi connectivity index (χ4n) is 1.05. The van der Waals surface area contributed by atoms with Gasteiger partial charge in [-0.3, -0.25) is 4.68 Å². The number of halogens is 6. The van der Waals surface area contributed by atoms with Gasteiger partial charge in [0.2, 0.25) is 0 Å². The van der Waals surface area contributed by atoms with E-state index in [0.717, 1.165) is 0 Å². The van der Waals surface area contributed by atoms with Crippen LogP contribution in [0.15, 0.2) is 6.07 Å². The Bertz CT molecular complexity index is 366. The van der Waals surface area contributed by atoms with Crippen molar-refractivity contribution in [2.24, 2.45) is 0 Å². The van der Waals surface area contributed by atoms with E-state index in [1.165, 1.54) is 0 Å². The molecule has 0 unspecified atom stereocenters. The van der Waals surface area contributed by atoms with Crippen LogP contribution in [0.5, 0.6) is 0 Å².